The number of rotatable bonds is 3. The Morgan fingerprint density at radius 1 is 1.11 bits per heavy atom. The Balaban J connectivity index is 1.42. The van der Waals surface area contributed by atoms with Gasteiger partial charge in [-0.1, -0.05) is 23.7 Å². The average molecular weight is 394 g/mol. The summed E-state index contributed by atoms with van der Waals surface area (Å²) < 4.78 is 17.1. The molecule has 5 nitrogen and oxygen atoms in total. The Kier molecular flexibility index (Phi) is 4.19. The maximum atomic E-state index is 12.7. The van der Waals surface area contributed by atoms with Crippen LogP contribution in [0.15, 0.2) is 65.0 Å². The normalized spacial score (nSPS) is 17.2. The first-order chi connectivity index (χ1) is 13.7. The summed E-state index contributed by atoms with van der Waals surface area (Å²) in [7, 11) is 0. The number of fused-ring (bicyclic) bond motifs is 3. The van der Waals surface area contributed by atoms with E-state index in [4.69, 9.17) is 25.5 Å². The molecule has 3 aromatic rings. The summed E-state index contributed by atoms with van der Waals surface area (Å²) in [6, 6.07) is 14.9. The first kappa shape index (κ1) is 17.1. The predicted octanol–water partition coefficient (Wildman–Crippen LogP) is 4.90. The first-order valence-electron chi connectivity index (χ1n) is 8.90. The molecule has 0 radical (unpaired) electrons. The topological polar surface area (TPSA) is 51.9 Å². The SMILES string of the molecule is O=C1/C(=C/c2ccco2)Oc2c1ccc1c2CN(Cc2ccc(Cl)cc2)CO1. The van der Waals surface area contributed by atoms with E-state index in [0.717, 1.165) is 16.9 Å². The summed E-state index contributed by atoms with van der Waals surface area (Å²) in [6.45, 7) is 1.81. The minimum atomic E-state index is -0.149. The fraction of sp³-hybridized carbons (Fsp3) is 0.136. The van der Waals surface area contributed by atoms with Gasteiger partial charge in [0.05, 0.1) is 17.4 Å². The van der Waals surface area contributed by atoms with Crippen LogP contribution >= 0.6 is 11.6 Å². The molecule has 0 atom stereocenters. The zero-order valence-corrected chi connectivity index (χ0v) is 15.6. The van der Waals surface area contributed by atoms with Crippen LogP contribution in [0.1, 0.15) is 27.2 Å². The second-order valence-electron chi connectivity index (χ2n) is 6.76. The lowest BCUT2D eigenvalue weighted by Crippen LogP contribution is -2.31. The van der Waals surface area contributed by atoms with Crippen LogP contribution in [0, 0.1) is 0 Å². The van der Waals surface area contributed by atoms with E-state index in [9.17, 15) is 4.79 Å². The van der Waals surface area contributed by atoms with Gasteiger partial charge < -0.3 is 13.9 Å². The van der Waals surface area contributed by atoms with Gasteiger partial charge in [0.1, 0.15) is 24.0 Å². The summed E-state index contributed by atoms with van der Waals surface area (Å²) in [6.07, 6.45) is 3.17. The number of hydrogen-bond donors (Lipinski definition) is 0. The smallest absolute Gasteiger partial charge is 0.232 e. The second-order valence-corrected chi connectivity index (χ2v) is 7.20. The number of ether oxygens (including phenoxy) is 2. The Labute approximate surface area is 166 Å². The van der Waals surface area contributed by atoms with Crippen molar-refractivity contribution in [3.05, 3.63) is 88.0 Å². The van der Waals surface area contributed by atoms with E-state index in [1.807, 2.05) is 30.3 Å². The van der Waals surface area contributed by atoms with E-state index in [1.54, 1.807) is 30.5 Å². The third-order valence-electron chi connectivity index (χ3n) is 4.82. The molecule has 0 N–H and O–H groups in total. The van der Waals surface area contributed by atoms with Crippen molar-refractivity contribution in [2.45, 2.75) is 13.1 Å². The predicted molar refractivity (Wildman–Crippen MR) is 104 cm³/mol. The van der Waals surface area contributed by atoms with E-state index in [2.05, 4.69) is 4.90 Å². The van der Waals surface area contributed by atoms with Crippen molar-refractivity contribution in [1.82, 2.24) is 4.90 Å². The lowest BCUT2D eigenvalue weighted by atomic mass is 10.0. The number of carbonyl (C=O) groups excluding carboxylic acids is 1. The highest BCUT2D eigenvalue weighted by Gasteiger charge is 2.33. The molecule has 28 heavy (non-hydrogen) atoms. The van der Waals surface area contributed by atoms with Gasteiger partial charge in [-0.25, -0.2) is 0 Å². The number of Topliss-reactive ketones (excluding diaryl/α,β-unsaturated/α-hetero) is 1. The van der Waals surface area contributed by atoms with Crippen molar-refractivity contribution in [2.75, 3.05) is 6.73 Å². The van der Waals surface area contributed by atoms with Crippen molar-refractivity contribution in [3.63, 3.8) is 0 Å². The summed E-state index contributed by atoms with van der Waals surface area (Å²) >= 11 is 5.96. The molecule has 0 aliphatic carbocycles. The number of benzene rings is 2. The summed E-state index contributed by atoms with van der Waals surface area (Å²) in [5.41, 5.74) is 2.57. The van der Waals surface area contributed by atoms with Crippen LogP contribution in [-0.2, 0) is 13.1 Å². The highest BCUT2D eigenvalue weighted by molar-refractivity contribution is 6.30. The Morgan fingerprint density at radius 2 is 1.96 bits per heavy atom. The molecular formula is C22H16ClNO4. The Bertz CT molecular complexity index is 1070. The molecule has 6 heteroatoms. The molecule has 0 saturated heterocycles. The van der Waals surface area contributed by atoms with Gasteiger partial charge in [-0.3, -0.25) is 9.69 Å². The number of nitrogens with zero attached hydrogens (tertiary/aromatic N) is 1. The quantitative estimate of drug-likeness (QED) is 0.592. The standard InChI is InChI=1S/C22H16ClNO4/c23-15-5-3-14(4-6-15)11-24-12-18-19(27-13-24)8-7-17-21(25)20(28-22(17)18)10-16-2-1-9-26-16/h1-10H,11-13H2/b20-10-. The van der Waals surface area contributed by atoms with Crippen molar-refractivity contribution < 1.29 is 18.7 Å². The maximum absolute atomic E-state index is 12.7. The Hall–Kier alpha value is -3.02. The van der Waals surface area contributed by atoms with Crippen LogP contribution < -0.4 is 9.47 Å². The van der Waals surface area contributed by atoms with E-state index in [-0.39, 0.29) is 11.5 Å². The van der Waals surface area contributed by atoms with Gasteiger partial charge in [-0.2, -0.15) is 0 Å². The monoisotopic (exact) mass is 393 g/mol. The van der Waals surface area contributed by atoms with E-state index in [1.165, 1.54) is 0 Å². The molecule has 5 rings (SSSR count). The molecule has 2 aliphatic rings. The highest BCUT2D eigenvalue weighted by atomic mass is 35.5. The lowest BCUT2D eigenvalue weighted by Gasteiger charge is -2.29. The Morgan fingerprint density at radius 3 is 2.75 bits per heavy atom. The zero-order valence-electron chi connectivity index (χ0n) is 14.9. The summed E-state index contributed by atoms with van der Waals surface area (Å²) in [5.74, 6) is 2.00. The van der Waals surface area contributed by atoms with Crippen molar-refractivity contribution in [2.24, 2.45) is 0 Å². The van der Waals surface area contributed by atoms with Gasteiger partial charge in [0, 0.05) is 24.2 Å². The number of furan rings is 1. The molecule has 2 aromatic carbocycles. The molecular weight excluding hydrogens is 378 g/mol. The molecule has 0 unspecified atom stereocenters. The molecule has 0 saturated carbocycles. The largest absolute Gasteiger partial charge is 0.478 e. The molecule has 0 fully saturated rings. The first-order valence-corrected chi connectivity index (χ1v) is 9.28. The molecule has 2 aliphatic heterocycles. The maximum Gasteiger partial charge on any atom is 0.232 e. The van der Waals surface area contributed by atoms with Crippen LogP contribution in [0.25, 0.3) is 6.08 Å². The molecule has 0 bridgehead atoms. The van der Waals surface area contributed by atoms with E-state index < -0.39 is 0 Å². The summed E-state index contributed by atoms with van der Waals surface area (Å²) in [5, 5.41) is 0.713. The fourth-order valence-corrected chi connectivity index (χ4v) is 3.58. The van der Waals surface area contributed by atoms with Gasteiger partial charge in [0.25, 0.3) is 0 Å². The lowest BCUT2D eigenvalue weighted by molar-refractivity contribution is 0.0873. The number of hydrogen-bond acceptors (Lipinski definition) is 5. The average Bonchev–Trinajstić information content (AvgIpc) is 3.33. The number of carbonyl (C=O) groups is 1. The van der Waals surface area contributed by atoms with Crippen LogP contribution in [0.3, 0.4) is 0 Å². The number of halogens is 1. The zero-order chi connectivity index (χ0) is 19.1. The number of allylic oxidation sites excluding steroid dienone is 1. The van der Waals surface area contributed by atoms with Gasteiger partial charge in [-0.15, -0.1) is 0 Å². The van der Waals surface area contributed by atoms with Crippen molar-refractivity contribution in [3.8, 4) is 11.5 Å². The minimum absolute atomic E-state index is 0.149. The van der Waals surface area contributed by atoms with Crippen LogP contribution in [0.5, 0.6) is 11.5 Å². The van der Waals surface area contributed by atoms with Gasteiger partial charge in [0.15, 0.2) is 5.76 Å². The fourth-order valence-electron chi connectivity index (χ4n) is 3.46. The molecule has 0 spiro atoms. The molecule has 1 aromatic heterocycles. The van der Waals surface area contributed by atoms with Gasteiger partial charge in [-0.05, 0) is 42.0 Å². The van der Waals surface area contributed by atoms with Crippen molar-refractivity contribution in [1.29, 1.82) is 0 Å². The van der Waals surface area contributed by atoms with E-state index >= 15 is 0 Å². The highest BCUT2D eigenvalue weighted by Crippen LogP contribution is 2.42. The third kappa shape index (κ3) is 3.09. The molecule has 140 valence electrons. The second kappa shape index (κ2) is 6.86. The van der Waals surface area contributed by atoms with Crippen molar-refractivity contribution >= 4 is 23.5 Å². The van der Waals surface area contributed by atoms with Crippen LogP contribution in [-0.4, -0.2) is 17.4 Å². The third-order valence-corrected chi connectivity index (χ3v) is 5.07. The van der Waals surface area contributed by atoms with Crippen LogP contribution in [0.2, 0.25) is 5.02 Å². The van der Waals surface area contributed by atoms with Crippen LogP contribution in [0.4, 0.5) is 0 Å². The molecule has 3 heterocycles. The molecule has 0 amide bonds. The summed E-state index contributed by atoms with van der Waals surface area (Å²) in [4.78, 5) is 14.9. The number of ketones is 1. The minimum Gasteiger partial charge on any atom is -0.478 e. The van der Waals surface area contributed by atoms with E-state index in [0.29, 0.717) is 41.9 Å². The van der Waals surface area contributed by atoms with Gasteiger partial charge >= 0.3 is 0 Å². The van der Waals surface area contributed by atoms with Gasteiger partial charge in [0.2, 0.25) is 5.78 Å².